The van der Waals surface area contributed by atoms with Crippen LogP contribution in [0.3, 0.4) is 0 Å². The molecule has 2 aromatic rings. The van der Waals surface area contributed by atoms with Gasteiger partial charge in [-0.25, -0.2) is 0 Å². The second-order valence-electron chi connectivity index (χ2n) is 3.64. The summed E-state index contributed by atoms with van der Waals surface area (Å²) in [4.78, 5) is 14.5. The molecule has 1 saturated carbocycles. The first-order valence-corrected chi connectivity index (χ1v) is 4.61. The van der Waals surface area contributed by atoms with E-state index >= 15 is 0 Å². The fourth-order valence-corrected chi connectivity index (χ4v) is 1.87. The molecule has 1 aliphatic carbocycles. The van der Waals surface area contributed by atoms with Gasteiger partial charge in [-0.1, -0.05) is 17.7 Å². The standard InChI is InChI=1S/C11H8NO2.Y/c13-5-7-4-9(7)8-2-1-3-10-11(8)14-6-12-10;/h1-3,5,7,9H,4H2;/q-1;/t7-,9+;/m0./s1. The smallest absolute Gasteiger partial charge is 0.123 e. The van der Waals surface area contributed by atoms with E-state index in [9.17, 15) is 4.79 Å². The Morgan fingerprint density at radius 2 is 2.40 bits per heavy atom. The van der Waals surface area contributed by atoms with Gasteiger partial charge in [0.15, 0.2) is 0 Å². The summed E-state index contributed by atoms with van der Waals surface area (Å²) in [6, 6.07) is 5.82. The topological polar surface area (TPSA) is 43.1 Å². The molecule has 0 unspecified atom stereocenters. The molecular formula is C11H8NO2Y-. The fourth-order valence-electron chi connectivity index (χ4n) is 1.87. The minimum atomic E-state index is 0. The number of rotatable bonds is 2. The number of aromatic nitrogens is 1. The van der Waals surface area contributed by atoms with Crippen molar-refractivity contribution in [2.75, 3.05) is 0 Å². The van der Waals surface area contributed by atoms with Gasteiger partial charge in [-0.05, 0) is 23.4 Å². The molecule has 15 heavy (non-hydrogen) atoms. The summed E-state index contributed by atoms with van der Waals surface area (Å²) in [5.41, 5.74) is 2.69. The van der Waals surface area contributed by atoms with Crippen molar-refractivity contribution < 1.29 is 41.9 Å². The Hall–Kier alpha value is -0.536. The van der Waals surface area contributed by atoms with Gasteiger partial charge in [-0.15, -0.1) is 6.07 Å². The van der Waals surface area contributed by atoms with Crippen molar-refractivity contribution in [2.24, 2.45) is 5.92 Å². The largest absolute Gasteiger partial charge is 0.573 e. The van der Waals surface area contributed by atoms with Crippen LogP contribution >= 0.6 is 0 Å². The Labute approximate surface area is 112 Å². The Balaban J connectivity index is 0.000000853. The van der Waals surface area contributed by atoms with Crippen molar-refractivity contribution in [1.29, 1.82) is 0 Å². The van der Waals surface area contributed by atoms with Crippen molar-refractivity contribution in [3.63, 3.8) is 0 Å². The number of hydrogen-bond donors (Lipinski definition) is 0. The van der Waals surface area contributed by atoms with Crippen LogP contribution in [0.1, 0.15) is 17.9 Å². The molecule has 0 aliphatic heterocycles. The van der Waals surface area contributed by atoms with Crippen LogP contribution in [-0.4, -0.2) is 11.3 Å². The predicted molar refractivity (Wildman–Crippen MR) is 49.8 cm³/mol. The van der Waals surface area contributed by atoms with E-state index in [-0.39, 0.29) is 38.6 Å². The molecule has 0 amide bonds. The number of fused-ring (bicyclic) bond motifs is 1. The van der Waals surface area contributed by atoms with Crippen molar-refractivity contribution in [3.05, 3.63) is 30.2 Å². The van der Waals surface area contributed by atoms with E-state index in [1.807, 2.05) is 18.2 Å². The van der Waals surface area contributed by atoms with E-state index in [2.05, 4.69) is 11.4 Å². The summed E-state index contributed by atoms with van der Waals surface area (Å²) in [6.45, 7) is 0. The van der Waals surface area contributed by atoms with Crippen LogP contribution in [0.4, 0.5) is 0 Å². The first-order chi connectivity index (χ1) is 6.90. The van der Waals surface area contributed by atoms with Gasteiger partial charge in [0.05, 0.1) is 0 Å². The zero-order valence-corrected chi connectivity index (χ0v) is 10.9. The van der Waals surface area contributed by atoms with Gasteiger partial charge in [0.2, 0.25) is 0 Å². The van der Waals surface area contributed by atoms with E-state index in [1.54, 1.807) is 0 Å². The molecule has 2 atom stereocenters. The maximum absolute atomic E-state index is 10.6. The van der Waals surface area contributed by atoms with Gasteiger partial charge < -0.3 is 14.2 Å². The van der Waals surface area contributed by atoms with Crippen LogP contribution in [-0.2, 0) is 37.5 Å². The average Bonchev–Trinajstić information content (AvgIpc) is 2.85. The Bertz CT molecular complexity index is 494. The van der Waals surface area contributed by atoms with Crippen LogP contribution in [0.5, 0.6) is 0 Å². The van der Waals surface area contributed by atoms with Crippen LogP contribution < -0.4 is 0 Å². The maximum Gasteiger partial charge on any atom is 0.123 e. The SMILES string of the molecule is O=C[C@@H]1C[C@H]1c1cccc2n[c-]oc12.[Y]. The van der Waals surface area contributed by atoms with E-state index < -0.39 is 0 Å². The molecule has 73 valence electrons. The number of hydrogen-bond acceptors (Lipinski definition) is 3. The van der Waals surface area contributed by atoms with Gasteiger partial charge in [0, 0.05) is 38.6 Å². The summed E-state index contributed by atoms with van der Waals surface area (Å²) in [7, 11) is 0. The molecule has 0 spiro atoms. The molecule has 1 aromatic heterocycles. The zero-order valence-electron chi connectivity index (χ0n) is 8.01. The third-order valence-corrected chi connectivity index (χ3v) is 2.75. The average molecular weight is 275 g/mol. The Morgan fingerprint density at radius 1 is 1.53 bits per heavy atom. The van der Waals surface area contributed by atoms with Crippen molar-refractivity contribution in [1.82, 2.24) is 4.98 Å². The van der Waals surface area contributed by atoms with Crippen molar-refractivity contribution in [2.45, 2.75) is 12.3 Å². The van der Waals surface area contributed by atoms with Gasteiger partial charge in [0.1, 0.15) is 12.7 Å². The minimum Gasteiger partial charge on any atom is -0.573 e. The quantitative estimate of drug-likeness (QED) is 0.621. The van der Waals surface area contributed by atoms with Crippen LogP contribution in [0.25, 0.3) is 11.1 Å². The maximum atomic E-state index is 10.6. The molecule has 1 aromatic carbocycles. The normalized spacial score (nSPS) is 23.5. The van der Waals surface area contributed by atoms with E-state index in [4.69, 9.17) is 4.42 Å². The molecular weight excluding hydrogens is 267 g/mol. The minimum absolute atomic E-state index is 0. The monoisotopic (exact) mass is 275 g/mol. The second-order valence-corrected chi connectivity index (χ2v) is 3.64. The summed E-state index contributed by atoms with van der Waals surface area (Å²) < 4.78 is 5.19. The first-order valence-electron chi connectivity index (χ1n) is 4.61. The van der Waals surface area contributed by atoms with E-state index in [0.29, 0.717) is 5.92 Å². The number of aldehydes is 1. The zero-order chi connectivity index (χ0) is 9.54. The molecule has 0 saturated heterocycles. The number of oxazole rings is 1. The predicted octanol–water partition coefficient (Wildman–Crippen LogP) is 1.93. The van der Waals surface area contributed by atoms with Gasteiger partial charge in [-0.3, -0.25) is 0 Å². The third kappa shape index (κ3) is 1.79. The Kier molecular flexibility index (Phi) is 3.03. The third-order valence-electron chi connectivity index (χ3n) is 2.75. The van der Waals surface area contributed by atoms with Crippen LogP contribution in [0, 0.1) is 12.3 Å². The van der Waals surface area contributed by atoms with Gasteiger partial charge in [-0.2, -0.15) is 0 Å². The molecule has 0 bridgehead atoms. The number of para-hydroxylation sites is 1. The number of carbonyl (C=O) groups is 1. The van der Waals surface area contributed by atoms with Crippen LogP contribution in [0.2, 0.25) is 0 Å². The molecule has 1 aliphatic rings. The molecule has 1 radical (unpaired) electrons. The van der Waals surface area contributed by atoms with E-state index in [0.717, 1.165) is 29.4 Å². The molecule has 3 nitrogen and oxygen atoms in total. The Morgan fingerprint density at radius 3 is 3.13 bits per heavy atom. The fraction of sp³-hybridized carbons (Fsp3) is 0.273. The summed E-state index contributed by atoms with van der Waals surface area (Å²) in [5.74, 6) is 0.503. The first kappa shape index (κ1) is 11.0. The molecule has 1 heterocycles. The van der Waals surface area contributed by atoms with Crippen LogP contribution in [0.15, 0.2) is 22.6 Å². The number of benzene rings is 1. The van der Waals surface area contributed by atoms with Crippen molar-refractivity contribution in [3.8, 4) is 0 Å². The van der Waals surface area contributed by atoms with Crippen molar-refractivity contribution >= 4 is 17.4 Å². The summed E-state index contributed by atoms with van der Waals surface area (Å²) in [6.07, 6.45) is 4.43. The number of nitrogens with zero attached hydrogens (tertiary/aromatic N) is 1. The van der Waals surface area contributed by atoms with Gasteiger partial charge in [0.25, 0.3) is 0 Å². The molecule has 1 fully saturated rings. The number of carbonyl (C=O) groups excluding carboxylic acids is 1. The second kappa shape index (κ2) is 4.14. The summed E-state index contributed by atoms with van der Waals surface area (Å²) >= 11 is 0. The molecule has 0 N–H and O–H groups in total. The summed E-state index contributed by atoms with van der Waals surface area (Å²) in [5, 5.41) is 0. The molecule has 3 rings (SSSR count). The molecule has 4 heteroatoms. The van der Waals surface area contributed by atoms with E-state index in [1.165, 1.54) is 0 Å². The van der Waals surface area contributed by atoms with Gasteiger partial charge >= 0.3 is 0 Å².